The van der Waals surface area contributed by atoms with Gasteiger partial charge in [0.2, 0.25) is 0 Å². The second kappa shape index (κ2) is 6.05. The van der Waals surface area contributed by atoms with Crippen LogP contribution in [-0.4, -0.2) is 28.3 Å². The van der Waals surface area contributed by atoms with Crippen LogP contribution in [0.1, 0.15) is 5.82 Å². The van der Waals surface area contributed by atoms with E-state index in [4.69, 9.17) is 0 Å². The molecule has 0 saturated carbocycles. The molecule has 0 saturated heterocycles. The number of nitrogens with zero attached hydrogens (tertiary/aromatic N) is 3. The topological polar surface area (TPSA) is 55.7 Å². The average molecular weight is 323 g/mol. The molecule has 0 fully saturated rings. The quantitative estimate of drug-likeness (QED) is 0.689. The molecule has 0 unspecified atom stereocenters. The molecule has 0 aliphatic heterocycles. The largest absolute Gasteiger partial charge is 0.319 e. The van der Waals surface area contributed by atoms with Gasteiger partial charge in [0.15, 0.2) is 11.6 Å². The predicted octanol–water partition coefficient (Wildman–Crippen LogP) is 3.76. The zero-order chi connectivity index (χ0) is 16.4. The SMILES string of the molecule is Cc1nc(-c2ccccc2)nc(-c2cccc(P(C)(C)=O)c2)n1. The van der Waals surface area contributed by atoms with E-state index in [1.54, 1.807) is 13.3 Å². The van der Waals surface area contributed by atoms with Gasteiger partial charge >= 0.3 is 0 Å². The van der Waals surface area contributed by atoms with Gasteiger partial charge in [-0.25, -0.2) is 15.0 Å². The van der Waals surface area contributed by atoms with E-state index in [9.17, 15) is 4.57 Å². The van der Waals surface area contributed by atoms with Gasteiger partial charge in [-0.15, -0.1) is 0 Å². The highest BCUT2D eigenvalue weighted by molar-refractivity contribution is 7.70. The highest BCUT2D eigenvalue weighted by Crippen LogP contribution is 2.35. The molecule has 4 nitrogen and oxygen atoms in total. The lowest BCUT2D eigenvalue weighted by Gasteiger charge is -2.09. The molecule has 3 aromatic rings. The second-order valence-electron chi connectivity index (χ2n) is 5.80. The minimum absolute atomic E-state index is 0.603. The molecule has 1 aromatic heterocycles. The Kier molecular flexibility index (Phi) is 4.10. The van der Waals surface area contributed by atoms with Crippen LogP contribution in [0.15, 0.2) is 54.6 Å². The molecule has 0 aliphatic carbocycles. The fraction of sp³-hybridized carbons (Fsp3) is 0.167. The lowest BCUT2D eigenvalue weighted by molar-refractivity contribution is 0.588. The Morgan fingerprint density at radius 3 is 2.04 bits per heavy atom. The molecular weight excluding hydrogens is 305 g/mol. The minimum Gasteiger partial charge on any atom is -0.319 e. The van der Waals surface area contributed by atoms with Crippen LogP contribution in [0, 0.1) is 6.92 Å². The summed E-state index contributed by atoms with van der Waals surface area (Å²) < 4.78 is 12.3. The zero-order valence-electron chi connectivity index (χ0n) is 13.4. The van der Waals surface area contributed by atoms with Gasteiger partial charge in [-0.3, -0.25) is 0 Å². The minimum atomic E-state index is -2.32. The van der Waals surface area contributed by atoms with Gasteiger partial charge in [0.25, 0.3) is 0 Å². The summed E-state index contributed by atoms with van der Waals surface area (Å²) in [5.74, 6) is 1.91. The third-order valence-electron chi connectivity index (χ3n) is 3.51. The van der Waals surface area contributed by atoms with Crippen molar-refractivity contribution in [1.29, 1.82) is 0 Å². The van der Waals surface area contributed by atoms with Crippen molar-refractivity contribution in [1.82, 2.24) is 15.0 Å². The third-order valence-corrected chi connectivity index (χ3v) is 5.03. The van der Waals surface area contributed by atoms with Gasteiger partial charge < -0.3 is 4.57 Å². The fourth-order valence-corrected chi connectivity index (χ4v) is 3.20. The first-order valence-corrected chi connectivity index (χ1v) is 9.98. The van der Waals surface area contributed by atoms with Gasteiger partial charge in [-0.05, 0) is 26.3 Å². The summed E-state index contributed by atoms with van der Waals surface area (Å²) in [7, 11) is -2.32. The second-order valence-corrected chi connectivity index (χ2v) is 9.02. The average Bonchev–Trinajstić information content (AvgIpc) is 2.54. The highest BCUT2D eigenvalue weighted by Gasteiger charge is 2.14. The van der Waals surface area contributed by atoms with Crippen LogP contribution < -0.4 is 5.30 Å². The van der Waals surface area contributed by atoms with E-state index >= 15 is 0 Å². The molecule has 23 heavy (non-hydrogen) atoms. The Balaban J connectivity index is 2.11. The maximum Gasteiger partial charge on any atom is 0.163 e. The van der Waals surface area contributed by atoms with Crippen molar-refractivity contribution < 1.29 is 4.57 Å². The smallest absolute Gasteiger partial charge is 0.163 e. The number of rotatable bonds is 3. The summed E-state index contributed by atoms with van der Waals surface area (Å²) in [6.07, 6.45) is 0. The van der Waals surface area contributed by atoms with Crippen molar-refractivity contribution in [2.45, 2.75) is 6.92 Å². The standard InChI is InChI=1S/C18H18N3OP/c1-13-19-17(14-8-5-4-6-9-14)21-18(20-13)15-10-7-11-16(12-15)23(2,3)22/h4-12H,1-3H3. The number of aryl methyl sites for hydroxylation is 1. The Morgan fingerprint density at radius 1 is 0.783 bits per heavy atom. The Morgan fingerprint density at radius 2 is 1.39 bits per heavy atom. The molecular formula is C18H18N3OP. The van der Waals surface area contributed by atoms with Crippen LogP contribution in [0.3, 0.4) is 0 Å². The van der Waals surface area contributed by atoms with E-state index in [2.05, 4.69) is 15.0 Å². The van der Waals surface area contributed by atoms with E-state index in [1.807, 2.05) is 61.5 Å². The molecule has 0 aliphatic rings. The molecule has 0 radical (unpaired) electrons. The van der Waals surface area contributed by atoms with E-state index in [1.165, 1.54) is 0 Å². The molecule has 0 atom stereocenters. The maximum atomic E-state index is 12.3. The van der Waals surface area contributed by atoms with E-state index in [0.29, 0.717) is 17.5 Å². The molecule has 5 heteroatoms. The van der Waals surface area contributed by atoms with Crippen LogP contribution >= 0.6 is 7.14 Å². The van der Waals surface area contributed by atoms with Crippen LogP contribution in [-0.2, 0) is 4.57 Å². The van der Waals surface area contributed by atoms with Gasteiger partial charge in [0, 0.05) is 16.4 Å². The Bertz CT molecular complexity index is 888. The number of benzene rings is 2. The summed E-state index contributed by atoms with van der Waals surface area (Å²) in [5.41, 5.74) is 1.81. The van der Waals surface area contributed by atoms with Crippen LogP contribution in [0.4, 0.5) is 0 Å². The molecule has 0 N–H and O–H groups in total. The lowest BCUT2D eigenvalue weighted by atomic mass is 10.2. The van der Waals surface area contributed by atoms with Crippen molar-refractivity contribution >= 4 is 12.4 Å². The Hall–Kier alpha value is -2.32. The van der Waals surface area contributed by atoms with Crippen LogP contribution in [0.5, 0.6) is 0 Å². The molecule has 0 spiro atoms. The van der Waals surface area contributed by atoms with E-state index in [-0.39, 0.29) is 0 Å². The van der Waals surface area contributed by atoms with Crippen molar-refractivity contribution in [2.24, 2.45) is 0 Å². The first-order valence-electron chi connectivity index (χ1n) is 7.37. The van der Waals surface area contributed by atoms with Gasteiger partial charge in [-0.1, -0.05) is 48.5 Å². The first kappa shape index (κ1) is 15.6. The summed E-state index contributed by atoms with van der Waals surface area (Å²) >= 11 is 0. The van der Waals surface area contributed by atoms with Gasteiger partial charge in [0.05, 0.1) is 0 Å². The van der Waals surface area contributed by atoms with Crippen molar-refractivity contribution in [3.05, 3.63) is 60.4 Å². The van der Waals surface area contributed by atoms with Crippen LogP contribution in [0.25, 0.3) is 22.8 Å². The van der Waals surface area contributed by atoms with E-state index < -0.39 is 7.14 Å². The molecule has 0 bridgehead atoms. The monoisotopic (exact) mass is 323 g/mol. The van der Waals surface area contributed by atoms with Gasteiger partial charge in [-0.2, -0.15) is 0 Å². The fourth-order valence-electron chi connectivity index (χ4n) is 2.31. The normalized spacial score (nSPS) is 11.4. The predicted molar refractivity (Wildman–Crippen MR) is 94.5 cm³/mol. The third kappa shape index (κ3) is 3.54. The first-order chi connectivity index (χ1) is 10.9. The number of hydrogen-bond donors (Lipinski definition) is 0. The maximum absolute atomic E-state index is 12.3. The lowest BCUT2D eigenvalue weighted by Crippen LogP contribution is -2.05. The summed E-state index contributed by atoms with van der Waals surface area (Å²) in [6.45, 7) is 5.38. The summed E-state index contributed by atoms with van der Waals surface area (Å²) in [5, 5.41) is 0.828. The number of aromatic nitrogens is 3. The van der Waals surface area contributed by atoms with Gasteiger partial charge in [0.1, 0.15) is 13.0 Å². The zero-order valence-corrected chi connectivity index (χ0v) is 14.3. The molecule has 2 aromatic carbocycles. The molecule has 116 valence electrons. The summed E-state index contributed by atoms with van der Waals surface area (Å²) in [4.78, 5) is 13.4. The van der Waals surface area contributed by atoms with Crippen LogP contribution in [0.2, 0.25) is 0 Å². The summed E-state index contributed by atoms with van der Waals surface area (Å²) in [6, 6.07) is 17.4. The number of hydrogen-bond acceptors (Lipinski definition) is 4. The Labute approximate surface area is 136 Å². The van der Waals surface area contributed by atoms with E-state index in [0.717, 1.165) is 16.4 Å². The van der Waals surface area contributed by atoms with Crippen molar-refractivity contribution in [3.8, 4) is 22.8 Å². The van der Waals surface area contributed by atoms with Crippen molar-refractivity contribution in [3.63, 3.8) is 0 Å². The molecule has 1 heterocycles. The molecule has 0 amide bonds. The molecule has 3 rings (SSSR count). The van der Waals surface area contributed by atoms with Crippen molar-refractivity contribution in [2.75, 3.05) is 13.3 Å². The highest BCUT2D eigenvalue weighted by atomic mass is 31.2.